The van der Waals surface area contributed by atoms with E-state index in [1.807, 2.05) is 0 Å². The van der Waals surface area contributed by atoms with Crippen molar-refractivity contribution < 1.29 is 14.3 Å². The molecule has 2 rings (SSSR count). The van der Waals surface area contributed by atoms with Gasteiger partial charge in [-0.3, -0.25) is 0 Å². The molecule has 2 aromatic carbocycles. The SMILES string of the molecule is C/C=C(\c1ccc(F)cc1)c1cc(Cl)ccc1C(=O)O. The molecule has 0 spiro atoms. The van der Waals surface area contributed by atoms with E-state index in [2.05, 4.69) is 0 Å². The lowest BCUT2D eigenvalue weighted by atomic mass is 9.93. The fourth-order valence-electron chi connectivity index (χ4n) is 2.03. The van der Waals surface area contributed by atoms with Gasteiger partial charge in [0.15, 0.2) is 0 Å². The number of allylic oxidation sites excluding steroid dienone is 1. The van der Waals surface area contributed by atoms with Crippen LogP contribution in [0.5, 0.6) is 0 Å². The number of hydrogen-bond acceptors (Lipinski definition) is 1. The third kappa shape index (κ3) is 2.89. The first-order valence-electron chi connectivity index (χ1n) is 5.98. The van der Waals surface area contributed by atoms with Crippen molar-refractivity contribution in [2.24, 2.45) is 0 Å². The van der Waals surface area contributed by atoms with E-state index >= 15 is 0 Å². The van der Waals surface area contributed by atoms with Crippen LogP contribution in [0.2, 0.25) is 5.02 Å². The summed E-state index contributed by atoms with van der Waals surface area (Å²) in [4.78, 5) is 11.3. The summed E-state index contributed by atoms with van der Waals surface area (Å²) in [6, 6.07) is 10.5. The number of benzene rings is 2. The Labute approximate surface area is 121 Å². The standard InChI is InChI=1S/C16H12ClFO2/c1-2-13(10-3-6-12(18)7-4-10)15-9-11(17)5-8-14(15)16(19)20/h2-9H,1H3,(H,19,20)/b13-2+. The van der Waals surface area contributed by atoms with Crippen molar-refractivity contribution in [3.8, 4) is 0 Å². The number of rotatable bonds is 3. The second kappa shape index (κ2) is 5.88. The average Bonchev–Trinajstić information content (AvgIpc) is 2.41. The minimum atomic E-state index is -1.03. The molecule has 0 saturated carbocycles. The highest BCUT2D eigenvalue weighted by Gasteiger charge is 2.15. The van der Waals surface area contributed by atoms with Crippen LogP contribution >= 0.6 is 11.6 Å². The Balaban J connectivity index is 2.60. The molecule has 0 saturated heterocycles. The lowest BCUT2D eigenvalue weighted by Gasteiger charge is -2.11. The molecular weight excluding hydrogens is 279 g/mol. The monoisotopic (exact) mass is 290 g/mol. The van der Waals surface area contributed by atoms with Gasteiger partial charge in [-0.05, 0) is 54.0 Å². The summed E-state index contributed by atoms with van der Waals surface area (Å²) in [5.74, 6) is -1.37. The van der Waals surface area contributed by atoms with Crippen LogP contribution in [-0.2, 0) is 0 Å². The van der Waals surface area contributed by atoms with Crippen molar-refractivity contribution >= 4 is 23.1 Å². The van der Waals surface area contributed by atoms with Gasteiger partial charge in [0.2, 0.25) is 0 Å². The van der Waals surface area contributed by atoms with Crippen LogP contribution in [-0.4, -0.2) is 11.1 Å². The van der Waals surface area contributed by atoms with E-state index in [9.17, 15) is 14.3 Å². The summed E-state index contributed by atoms with van der Waals surface area (Å²) in [5, 5.41) is 9.71. The zero-order chi connectivity index (χ0) is 14.7. The number of aromatic carboxylic acids is 1. The normalized spacial score (nSPS) is 11.4. The predicted molar refractivity (Wildman–Crippen MR) is 77.6 cm³/mol. The number of carboxylic acid groups (broad SMARTS) is 1. The molecule has 0 unspecified atom stereocenters. The lowest BCUT2D eigenvalue weighted by molar-refractivity contribution is 0.0696. The fourth-order valence-corrected chi connectivity index (χ4v) is 2.21. The van der Waals surface area contributed by atoms with Gasteiger partial charge in [-0.15, -0.1) is 0 Å². The summed E-state index contributed by atoms with van der Waals surface area (Å²) in [6.45, 7) is 1.80. The Morgan fingerprint density at radius 3 is 2.35 bits per heavy atom. The number of hydrogen-bond donors (Lipinski definition) is 1. The van der Waals surface area contributed by atoms with Crippen molar-refractivity contribution in [3.05, 3.63) is 76.1 Å². The second-order valence-electron chi connectivity index (χ2n) is 4.20. The topological polar surface area (TPSA) is 37.3 Å². The van der Waals surface area contributed by atoms with Crippen LogP contribution in [0, 0.1) is 5.82 Å². The van der Waals surface area contributed by atoms with E-state index in [4.69, 9.17) is 11.6 Å². The molecular formula is C16H12ClFO2. The maximum Gasteiger partial charge on any atom is 0.336 e. The maximum atomic E-state index is 13.0. The number of halogens is 2. The molecule has 0 aliphatic carbocycles. The van der Waals surface area contributed by atoms with Gasteiger partial charge in [0.05, 0.1) is 5.56 Å². The quantitative estimate of drug-likeness (QED) is 0.895. The first-order valence-corrected chi connectivity index (χ1v) is 6.36. The van der Waals surface area contributed by atoms with E-state index in [0.29, 0.717) is 16.2 Å². The van der Waals surface area contributed by atoms with Crippen LogP contribution in [0.15, 0.2) is 48.5 Å². The third-order valence-corrected chi connectivity index (χ3v) is 3.18. The average molecular weight is 291 g/mol. The third-order valence-electron chi connectivity index (χ3n) is 2.95. The van der Waals surface area contributed by atoms with Gasteiger partial charge in [0.1, 0.15) is 5.82 Å². The summed E-state index contributed by atoms with van der Waals surface area (Å²) < 4.78 is 13.0. The van der Waals surface area contributed by atoms with Crippen molar-refractivity contribution in [3.63, 3.8) is 0 Å². The Hall–Kier alpha value is -2.13. The summed E-state index contributed by atoms with van der Waals surface area (Å²) in [5.41, 5.74) is 2.11. The molecule has 4 heteroatoms. The minimum Gasteiger partial charge on any atom is -0.478 e. The molecule has 0 amide bonds. The molecule has 0 radical (unpaired) electrons. The zero-order valence-electron chi connectivity index (χ0n) is 10.7. The summed E-state index contributed by atoms with van der Waals surface area (Å²) in [6.07, 6.45) is 1.78. The Morgan fingerprint density at radius 2 is 1.80 bits per heavy atom. The molecule has 0 fully saturated rings. The Kier molecular flexibility index (Phi) is 4.20. The van der Waals surface area contributed by atoms with Gasteiger partial charge < -0.3 is 5.11 Å². The summed E-state index contributed by atoms with van der Waals surface area (Å²) in [7, 11) is 0. The van der Waals surface area contributed by atoms with Crippen LogP contribution in [0.4, 0.5) is 4.39 Å². The van der Waals surface area contributed by atoms with Crippen molar-refractivity contribution in [2.45, 2.75) is 6.92 Å². The molecule has 2 nitrogen and oxygen atoms in total. The highest BCUT2D eigenvalue weighted by atomic mass is 35.5. The lowest BCUT2D eigenvalue weighted by Crippen LogP contribution is -2.02. The first-order chi connectivity index (χ1) is 9.52. The van der Waals surface area contributed by atoms with Gasteiger partial charge in [-0.1, -0.05) is 29.8 Å². The van der Waals surface area contributed by atoms with Crippen molar-refractivity contribution in [1.82, 2.24) is 0 Å². The highest BCUT2D eigenvalue weighted by Crippen LogP contribution is 2.29. The van der Waals surface area contributed by atoms with Crippen LogP contribution in [0.3, 0.4) is 0 Å². The van der Waals surface area contributed by atoms with Gasteiger partial charge in [-0.2, -0.15) is 0 Å². The van der Waals surface area contributed by atoms with E-state index < -0.39 is 5.97 Å². The second-order valence-corrected chi connectivity index (χ2v) is 4.64. The zero-order valence-corrected chi connectivity index (χ0v) is 11.5. The molecule has 0 aliphatic rings. The first kappa shape index (κ1) is 14.3. The predicted octanol–water partition coefficient (Wildman–Crippen LogP) is 4.63. The Morgan fingerprint density at radius 1 is 1.15 bits per heavy atom. The van der Waals surface area contributed by atoms with Crippen molar-refractivity contribution in [2.75, 3.05) is 0 Å². The largest absolute Gasteiger partial charge is 0.478 e. The van der Waals surface area contributed by atoms with E-state index in [0.717, 1.165) is 5.56 Å². The molecule has 0 bridgehead atoms. The molecule has 0 heterocycles. The molecule has 102 valence electrons. The highest BCUT2D eigenvalue weighted by molar-refractivity contribution is 6.31. The van der Waals surface area contributed by atoms with Crippen LogP contribution < -0.4 is 0 Å². The van der Waals surface area contributed by atoms with Crippen LogP contribution in [0.1, 0.15) is 28.4 Å². The molecule has 0 aliphatic heterocycles. The maximum absolute atomic E-state index is 13.0. The van der Waals surface area contributed by atoms with Gasteiger partial charge in [0.25, 0.3) is 0 Å². The van der Waals surface area contributed by atoms with Gasteiger partial charge in [0, 0.05) is 5.02 Å². The molecule has 1 N–H and O–H groups in total. The Bertz CT molecular complexity index is 675. The van der Waals surface area contributed by atoms with E-state index in [1.165, 1.54) is 24.3 Å². The smallest absolute Gasteiger partial charge is 0.336 e. The fraction of sp³-hybridized carbons (Fsp3) is 0.0625. The molecule has 2 aromatic rings. The summed E-state index contributed by atoms with van der Waals surface area (Å²) >= 11 is 5.96. The molecule has 20 heavy (non-hydrogen) atoms. The van der Waals surface area contributed by atoms with E-state index in [-0.39, 0.29) is 11.4 Å². The van der Waals surface area contributed by atoms with Crippen molar-refractivity contribution in [1.29, 1.82) is 0 Å². The van der Waals surface area contributed by atoms with Gasteiger partial charge in [-0.25, -0.2) is 9.18 Å². The molecule has 0 aromatic heterocycles. The molecule has 0 atom stereocenters. The number of carbonyl (C=O) groups is 1. The van der Waals surface area contributed by atoms with E-state index in [1.54, 1.807) is 31.2 Å². The van der Waals surface area contributed by atoms with Gasteiger partial charge >= 0.3 is 5.97 Å². The van der Waals surface area contributed by atoms with Crippen LogP contribution in [0.25, 0.3) is 5.57 Å². The minimum absolute atomic E-state index is 0.159. The number of carboxylic acids is 1.